The summed E-state index contributed by atoms with van der Waals surface area (Å²) in [6, 6.07) is 10.3. The Balaban J connectivity index is 1.34. The quantitative estimate of drug-likeness (QED) is 0.679. The lowest BCUT2D eigenvalue weighted by molar-refractivity contribution is 0.213. The van der Waals surface area contributed by atoms with Crippen LogP contribution >= 0.6 is 0 Å². The Hall–Kier alpha value is -2.45. The summed E-state index contributed by atoms with van der Waals surface area (Å²) in [5, 5.41) is 8.71. The van der Waals surface area contributed by atoms with Crippen molar-refractivity contribution in [2.45, 2.75) is 54.8 Å². The van der Waals surface area contributed by atoms with Gasteiger partial charge in [-0.25, -0.2) is 13.2 Å². The van der Waals surface area contributed by atoms with E-state index < -0.39 is 9.84 Å². The molecule has 2 heterocycles. The maximum atomic E-state index is 13.1. The van der Waals surface area contributed by atoms with Crippen molar-refractivity contribution in [3.05, 3.63) is 54.4 Å². The van der Waals surface area contributed by atoms with Crippen LogP contribution in [0, 0.1) is 5.92 Å². The smallest absolute Gasteiger partial charge is 0.319 e. The molecule has 3 unspecified atom stereocenters. The van der Waals surface area contributed by atoms with Crippen LogP contribution in [0.1, 0.15) is 37.7 Å². The van der Waals surface area contributed by atoms with Gasteiger partial charge in [0.05, 0.1) is 10.1 Å². The maximum Gasteiger partial charge on any atom is 0.319 e. The molecule has 2 aliphatic rings. The van der Waals surface area contributed by atoms with Gasteiger partial charge in [-0.05, 0) is 80.5 Å². The number of carbonyl (C=O) groups excluding carboxylic acids is 1. The highest BCUT2D eigenvalue weighted by atomic mass is 32.2. The predicted molar refractivity (Wildman–Crippen MR) is 116 cm³/mol. The summed E-state index contributed by atoms with van der Waals surface area (Å²) in [5.74, 6) is 0.455. The van der Waals surface area contributed by atoms with E-state index >= 15 is 0 Å². The van der Waals surface area contributed by atoms with Crippen molar-refractivity contribution in [2.24, 2.45) is 5.92 Å². The molecule has 30 heavy (non-hydrogen) atoms. The number of pyridine rings is 1. The van der Waals surface area contributed by atoms with E-state index in [9.17, 15) is 13.2 Å². The van der Waals surface area contributed by atoms with Gasteiger partial charge in [0.25, 0.3) is 0 Å². The van der Waals surface area contributed by atoms with Gasteiger partial charge in [-0.15, -0.1) is 0 Å². The minimum atomic E-state index is -3.37. The first kappa shape index (κ1) is 20.8. The fraction of sp³-hybridized carbons (Fsp3) is 0.455. The molecule has 1 aromatic carbocycles. The van der Waals surface area contributed by atoms with E-state index in [-0.39, 0.29) is 11.3 Å². The molecular formula is C22H28N4O3S. The Labute approximate surface area is 177 Å². The van der Waals surface area contributed by atoms with Gasteiger partial charge in [-0.2, -0.15) is 0 Å². The molecule has 0 spiro atoms. The molecule has 1 aliphatic heterocycles. The van der Waals surface area contributed by atoms with E-state index in [1.54, 1.807) is 36.7 Å². The van der Waals surface area contributed by atoms with Crippen LogP contribution in [-0.2, 0) is 16.4 Å². The molecule has 2 aromatic rings. The number of sulfone groups is 1. The van der Waals surface area contributed by atoms with Crippen LogP contribution in [0.2, 0.25) is 0 Å². The van der Waals surface area contributed by atoms with Crippen molar-refractivity contribution in [1.82, 2.24) is 15.6 Å². The predicted octanol–water partition coefficient (Wildman–Crippen LogP) is 3.10. The van der Waals surface area contributed by atoms with Crippen LogP contribution in [0.5, 0.6) is 0 Å². The number of hydrogen-bond acceptors (Lipinski definition) is 5. The minimum Gasteiger partial charge on any atom is -0.334 e. The summed E-state index contributed by atoms with van der Waals surface area (Å²) < 4.78 is 26.3. The number of aromatic nitrogens is 1. The Bertz CT molecular complexity index is 964. The molecule has 2 amide bonds. The molecule has 7 nitrogen and oxygen atoms in total. The molecule has 3 atom stereocenters. The zero-order chi connectivity index (χ0) is 21.0. The zero-order valence-electron chi connectivity index (χ0n) is 16.9. The summed E-state index contributed by atoms with van der Waals surface area (Å²) in [4.78, 5) is 16.4. The molecule has 1 aromatic heterocycles. The van der Waals surface area contributed by atoms with Gasteiger partial charge in [0.2, 0.25) is 0 Å². The Morgan fingerprint density at radius 3 is 2.73 bits per heavy atom. The number of urea groups is 1. The van der Waals surface area contributed by atoms with Gasteiger partial charge in [-0.1, -0.05) is 6.07 Å². The van der Waals surface area contributed by atoms with Crippen molar-refractivity contribution in [2.75, 3.05) is 11.9 Å². The molecule has 1 aliphatic carbocycles. The van der Waals surface area contributed by atoms with Crippen LogP contribution in [0.25, 0.3) is 0 Å². The van der Waals surface area contributed by atoms with Gasteiger partial charge in [-0.3, -0.25) is 4.98 Å². The number of fused-ring (bicyclic) bond motifs is 1. The van der Waals surface area contributed by atoms with Crippen molar-refractivity contribution in [1.29, 1.82) is 0 Å². The standard InChI is InChI=1S/C22H28N4O3S/c27-22(25-15-16-3-1-11-23-14-16)26-18-5-7-19(8-6-18)30(28,29)20-9-10-21-17(13-20)4-2-12-24-21/h1,3,5-8,11,14,17,20-21,24H,2,4,9-10,12-13,15H2,(H2,25,26,27). The first-order valence-electron chi connectivity index (χ1n) is 10.5. The van der Waals surface area contributed by atoms with Crippen LogP contribution < -0.4 is 16.0 Å². The Morgan fingerprint density at radius 2 is 1.97 bits per heavy atom. The number of nitrogens with zero attached hydrogens (tertiary/aromatic N) is 1. The van der Waals surface area contributed by atoms with Crippen molar-refractivity contribution in [3.63, 3.8) is 0 Å². The molecular weight excluding hydrogens is 400 g/mol. The second-order valence-electron chi connectivity index (χ2n) is 8.14. The average molecular weight is 429 g/mol. The molecule has 0 radical (unpaired) electrons. The van der Waals surface area contributed by atoms with Gasteiger partial charge in [0.15, 0.2) is 9.84 Å². The molecule has 8 heteroatoms. The fourth-order valence-corrected chi connectivity index (χ4v) is 6.37. The lowest BCUT2D eigenvalue weighted by atomic mass is 9.79. The highest BCUT2D eigenvalue weighted by Gasteiger charge is 2.38. The molecule has 0 bridgehead atoms. The molecule has 1 saturated heterocycles. The van der Waals surface area contributed by atoms with Crippen molar-refractivity contribution < 1.29 is 13.2 Å². The summed E-state index contributed by atoms with van der Waals surface area (Å²) >= 11 is 0. The largest absolute Gasteiger partial charge is 0.334 e. The lowest BCUT2D eigenvalue weighted by Gasteiger charge is -2.39. The minimum absolute atomic E-state index is 0.319. The van der Waals surface area contributed by atoms with E-state index in [1.807, 2.05) is 12.1 Å². The number of amides is 2. The highest BCUT2D eigenvalue weighted by Crippen LogP contribution is 2.36. The molecule has 1 saturated carbocycles. The molecule has 2 fully saturated rings. The number of hydrogen-bond donors (Lipinski definition) is 3. The van der Waals surface area contributed by atoms with Gasteiger partial charge in [0, 0.05) is 30.7 Å². The van der Waals surface area contributed by atoms with Crippen LogP contribution in [0.15, 0.2) is 53.7 Å². The SMILES string of the molecule is O=C(NCc1cccnc1)Nc1ccc(S(=O)(=O)C2CCC3NCCCC3C2)cc1. The fourth-order valence-electron chi connectivity index (χ4n) is 4.52. The third-order valence-corrected chi connectivity index (χ3v) is 8.38. The second kappa shape index (κ2) is 9.14. The Kier molecular flexibility index (Phi) is 6.34. The Morgan fingerprint density at radius 1 is 1.13 bits per heavy atom. The van der Waals surface area contributed by atoms with E-state index in [0.717, 1.165) is 37.8 Å². The monoisotopic (exact) mass is 428 g/mol. The van der Waals surface area contributed by atoms with E-state index in [4.69, 9.17) is 0 Å². The van der Waals surface area contributed by atoms with E-state index in [1.165, 1.54) is 0 Å². The van der Waals surface area contributed by atoms with Crippen molar-refractivity contribution >= 4 is 21.6 Å². The van der Waals surface area contributed by atoms with E-state index in [0.29, 0.717) is 35.5 Å². The summed E-state index contributed by atoms with van der Waals surface area (Å²) in [6.45, 7) is 1.41. The van der Waals surface area contributed by atoms with Crippen LogP contribution in [0.3, 0.4) is 0 Å². The van der Waals surface area contributed by atoms with Gasteiger partial charge >= 0.3 is 6.03 Å². The van der Waals surface area contributed by atoms with Crippen LogP contribution in [-0.4, -0.2) is 37.3 Å². The molecule has 160 valence electrons. The maximum absolute atomic E-state index is 13.1. The lowest BCUT2D eigenvalue weighted by Crippen LogP contribution is -2.47. The number of nitrogens with one attached hydrogen (secondary N) is 3. The average Bonchev–Trinajstić information content (AvgIpc) is 2.78. The number of carbonyl (C=O) groups is 1. The first-order chi connectivity index (χ1) is 14.5. The van der Waals surface area contributed by atoms with Gasteiger partial charge in [0.1, 0.15) is 0 Å². The number of piperidine rings is 1. The van der Waals surface area contributed by atoms with Crippen molar-refractivity contribution in [3.8, 4) is 0 Å². The third kappa shape index (κ3) is 4.82. The number of rotatable bonds is 5. The second-order valence-corrected chi connectivity index (χ2v) is 10.4. The van der Waals surface area contributed by atoms with Crippen LogP contribution in [0.4, 0.5) is 10.5 Å². The van der Waals surface area contributed by atoms with E-state index in [2.05, 4.69) is 20.9 Å². The summed E-state index contributed by atoms with van der Waals surface area (Å²) in [7, 11) is -3.37. The zero-order valence-corrected chi connectivity index (χ0v) is 17.7. The summed E-state index contributed by atoms with van der Waals surface area (Å²) in [6.07, 6.45) is 7.96. The first-order valence-corrected chi connectivity index (χ1v) is 12.1. The highest BCUT2D eigenvalue weighted by molar-refractivity contribution is 7.92. The summed E-state index contributed by atoms with van der Waals surface area (Å²) in [5.41, 5.74) is 1.45. The molecule has 3 N–H and O–H groups in total. The van der Waals surface area contributed by atoms with Gasteiger partial charge < -0.3 is 16.0 Å². The normalized spacial score (nSPS) is 23.9. The number of benzene rings is 1. The molecule has 4 rings (SSSR count). The topological polar surface area (TPSA) is 100 Å². The number of anilines is 1. The third-order valence-electron chi connectivity index (χ3n) is 6.15.